The molecule has 0 saturated carbocycles. The molecule has 22 nitrogen and oxygen atoms in total. The molecule has 4 heterocycles. The summed E-state index contributed by atoms with van der Waals surface area (Å²) < 4.78 is 29.0. The number of carbonyl (C=O) groups is 4. The van der Waals surface area contributed by atoms with Gasteiger partial charge in [-0.1, -0.05) is 23.1 Å². The van der Waals surface area contributed by atoms with E-state index in [1.807, 2.05) is 18.7 Å². The van der Waals surface area contributed by atoms with E-state index >= 15 is 0 Å². The molecule has 4 rings (SSSR count). The van der Waals surface area contributed by atoms with Gasteiger partial charge in [0.05, 0.1) is 12.2 Å². The molecule has 0 spiro atoms. The number of carboxylic acids is 1. The summed E-state index contributed by atoms with van der Waals surface area (Å²) in [5, 5.41) is 30.0. The zero-order valence-electron chi connectivity index (χ0n) is 26.9. The van der Waals surface area contributed by atoms with Gasteiger partial charge in [-0.3, -0.25) is 23.9 Å². The number of hydrogen-bond donors (Lipinski definition) is 6. The fourth-order valence-corrected chi connectivity index (χ4v) is 5.71. The van der Waals surface area contributed by atoms with Crippen LogP contribution >= 0.6 is 11.3 Å². The first-order valence-electron chi connectivity index (χ1n) is 14.6. The number of likely N-dealkylation sites (N-methyl/N-ethyl adjacent to an activating group) is 1. The molecule has 3 aromatic heterocycles. The molecule has 1 saturated heterocycles. The number of anilines is 1. The van der Waals surface area contributed by atoms with Crippen molar-refractivity contribution in [1.29, 1.82) is 0 Å². The second-order valence-corrected chi connectivity index (χ2v) is 13.4. The first-order chi connectivity index (χ1) is 23.4. The fourth-order valence-electron chi connectivity index (χ4n) is 4.26. The summed E-state index contributed by atoms with van der Waals surface area (Å²) in [7, 11) is -5.09. The predicted octanol–water partition coefficient (Wildman–Crippen LogP) is -2.10. The number of amides is 4. The molecule has 0 radical (unpaired) electrons. The molecule has 1 atom stereocenters. The Bertz CT molecular complexity index is 2080. The maximum Gasteiger partial charge on any atom is 0.362 e. The maximum atomic E-state index is 13.3. The molecular weight excluding hydrogens is 706 g/mol. The van der Waals surface area contributed by atoms with Gasteiger partial charge < -0.3 is 36.0 Å². The van der Waals surface area contributed by atoms with Gasteiger partial charge in [0, 0.05) is 30.7 Å². The largest absolute Gasteiger partial charge is 0.503 e. The zero-order valence-corrected chi connectivity index (χ0v) is 28.6. The SMILES string of the molecule is CCN(CC)CCn1c(-c2cc(=O)c(O)c[nH]2)nn(S(=O)(=O)NC(=O)N2C[C@H](NC(=O)/C(=N\OC(C)(C)C(=O)O)c3csc(N)n3)C2=O)c1=O. The van der Waals surface area contributed by atoms with E-state index in [0.717, 1.165) is 28.2 Å². The van der Waals surface area contributed by atoms with Crippen molar-refractivity contribution in [2.45, 2.75) is 45.9 Å². The van der Waals surface area contributed by atoms with Crippen LogP contribution < -0.4 is 26.9 Å². The van der Waals surface area contributed by atoms with Crippen molar-refractivity contribution in [3.05, 3.63) is 44.0 Å². The monoisotopic (exact) mass is 739 g/mol. The van der Waals surface area contributed by atoms with Crippen molar-refractivity contribution < 1.29 is 42.6 Å². The number of pyridine rings is 1. The number of carbonyl (C=O) groups excluding carboxylic acids is 3. The number of likely N-dealkylation sites (tertiary alicyclic amines) is 1. The Hall–Kier alpha value is -5.62. The summed E-state index contributed by atoms with van der Waals surface area (Å²) in [5.74, 6) is -4.43. The van der Waals surface area contributed by atoms with Crippen LogP contribution in [0.25, 0.3) is 11.5 Å². The zero-order chi connectivity index (χ0) is 37.1. The number of thiazole rings is 1. The van der Waals surface area contributed by atoms with E-state index in [0.29, 0.717) is 18.0 Å². The third-order valence-corrected chi connectivity index (χ3v) is 9.09. The van der Waals surface area contributed by atoms with Gasteiger partial charge in [0.2, 0.25) is 11.0 Å². The molecule has 0 unspecified atom stereocenters. The number of oxime groups is 1. The van der Waals surface area contributed by atoms with E-state index in [-0.39, 0.29) is 39.5 Å². The Morgan fingerprint density at radius 1 is 1.24 bits per heavy atom. The number of urea groups is 1. The number of β-lactam (4-membered cyclic amide) rings is 1. The fraction of sp³-hybridized carbons (Fsp3) is 0.423. The van der Waals surface area contributed by atoms with Crippen molar-refractivity contribution in [1.82, 2.24) is 43.6 Å². The van der Waals surface area contributed by atoms with E-state index in [4.69, 9.17) is 10.6 Å². The van der Waals surface area contributed by atoms with Gasteiger partial charge in [-0.25, -0.2) is 24.1 Å². The Morgan fingerprint density at radius 3 is 2.48 bits per heavy atom. The lowest BCUT2D eigenvalue weighted by Gasteiger charge is -2.36. The Labute approximate surface area is 286 Å². The van der Waals surface area contributed by atoms with Crippen LogP contribution in [0.3, 0.4) is 0 Å². The quantitative estimate of drug-likeness (QED) is 0.0586. The highest BCUT2D eigenvalue weighted by molar-refractivity contribution is 7.88. The van der Waals surface area contributed by atoms with Gasteiger partial charge in [0.15, 0.2) is 22.4 Å². The lowest BCUT2D eigenvalue weighted by atomic mass is 10.1. The lowest BCUT2D eigenvalue weighted by Crippen LogP contribution is -2.68. The van der Waals surface area contributed by atoms with Crippen LogP contribution in [0.1, 0.15) is 33.4 Å². The van der Waals surface area contributed by atoms with Crippen LogP contribution in [0.15, 0.2) is 32.4 Å². The topological polar surface area (TPSA) is 307 Å². The predicted molar refractivity (Wildman–Crippen MR) is 174 cm³/mol. The highest BCUT2D eigenvalue weighted by Gasteiger charge is 2.44. The number of aromatic amines is 1. The second kappa shape index (κ2) is 14.5. The van der Waals surface area contributed by atoms with Crippen molar-refractivity contribution in [2.24, 2.45) is 5.16 Å². The van der Waals surface area contributed by atoms with Gasteiger partial charge in [-0.05, 0) is 26.9 Å². The number of aromatic nitrogens is 5. The summed E-state index contributed by atoms with van der Waals surface area (Å²) in [6, 6.07) is -1.92. The lowest BCUT2D eigenvalue weighted by molar-refractivity contribution is -0.161. The van der Waals surface area contributed by atoms with Crippen molar-refractivity contribution in [3.63, 3.8) is 0 Å². The summed E-state index contributed by atoms with van der Waals surface area (Å²) in [5.41, 5.74) is 0.986. The minimum atomic E-state index is -5.09. The first kappa shape index (κ1) is 37.2. The molecule has 50 heavy (non-hydrogen) atoms. The standard InChI is InChI=1S/C26H33N11O11S2/c1-5-34(6-2)7-8-35-19(13-9-16(38)17(39)10-28-13)31-37(25(35)45)50(46,47)33-24(44)36-11-14(21(36)41)29-20(40)18(15-12-49-23(27)30-15)32-48-26(3,4)22(42)43/h9-10,12,14,39H,5-8,11H2,1-4H3,(H2,27,30)(H,28,38)(H,29,40)(H,33,44)(H,42,43)/b32-18-/t14-/m0/s1. The van der Waals surface area contributed by atoms with Crippen molar-refractivity contribution in [3.8, 4) is 17.3 Å². The smallest absolute Gasteiger partial charge is 0.362 e. The molecule has 4 amide bonds. The molecule has 1 aliphatic heterocycles. The third-order valence-electron chi connectivity index (χ3n) is 7.29. The molecule has 0 aromatic carbocycles. The van der Waals surface area contributed by atoms with Crippen LogP contribution in [0, 0.1) is 0 Å². The van der Waals surface area contributed by atoms with Crippen LogP contribution in [-0.4, -0.2) is 119 Å². The second-order valence-electron chi connectivity index (χ2n) is 11.0. The Balaban J connectivity index is 1.52. The summed E-state index contributed by atoms with van der Waals surface area (Å²) in [4.78, 5) is 89.4. The van der Waals surface area contributed by atoms with Gasteiger partial charge in [-0.15, -0.1) is 16.4 Å². The number of aliphatic carboxylic acids is 1. The summed E-state index contributed by atoms with van der Waals surface area (Å²) in [6.45, 7) is 6.99. The molecular formula is C26H33N11O11S2. The Kier molecular flexibility index (Phi) is 10.8. The molecule has 0 bridgehead atoms. The van der Waals surface area contributed by atoms with Crippen LogP contribution in [-0.2, 0) is 36.0 Å². The molecule has 1 fully saturated rings. The number of carboxylic acid groups (broad SMARTS) is 1. The summed E-state index contributed by atoms with van der Waals surface area (Å²) >= 11 is 0.936. The number of rotatable bonds is 14. The molecule has 3 aromatic rings. The maximum absolute atomic E-state index is 13.3. The minimum absolute atomic E-state index is 0.0158. The highest BCUT2D eigenvalue weighted by atomic mass is 32.2. The number of nitrogen functional groups attached to an aromatic ring is 1. The number of hydrogen-bond acceptors (Lipinski definition) is 16. The summed E-state index contributed by atoms with van der Waals surface area (Å²) in [6.07, 6.45) is 0.932. The molecule has 1 aliphatic rings. The van der Waals surface area contributed by atoms with Crippen LogP contribution in [0.2, 0.25) is 0 Å². The number of imide groups is 1. The molecule has 24 heteroatoms. The number of nitrogens with two attached hydrogens (primary N) is 1. The van der Waals surface area contributed by atoms with E-state index in [9.17, 15) is 47.4 Å². The van der Waals surface area contributed by atoms with Gasteiger partial charge in [0.1, 0.15) is 11.7 Å². The highest BCUT2D eigenvalue weighted by Crippen LogP contribution is 2.18. The van der Waals surface area contributed by atoms with E-state index in [1.54, 1.807) is 4.72 Å². The normalized spacial score (nSPS) is 15.1. The van der Waals surface area contributed by atoms with Gasteiger partial charge in [0.25, 0.3) is 11.8 Å². The van der Waals surface area contributed by atoms with Crippen molar-refractivity contribution >= 4 is 56.2 Å². The number of aromatic hydroxyl groups is 1. The Morgan fingerprint density at radius 2 is 1.92 bits per heavy atom. The number of nitrogens with one attached hydrogen (secondary N) is 3. The van der Waals surface area contributed by atoms with Crippen LogP contribution in [0.5, 0.6) is 5.75 Å². The van der Waals surface area contributed by atoms with Crippen molar-refractivity contribution in [2.75, 3.05) is 31.9 Å². The van der Waals surface area contributed by atoms with E-state index < -0.39 is 74.8 Å². The molecule has 7 N–H and O–H groups in total. The molecule has 0 aliphatic carbocycles. The third kappa shape index (κ3) is 7.81. The van der Waals surface area contributed by atoms with Crippen LogP contribution in [0.4, 0.5) is 9.93 Å². The average molecular weight is 740 g/mol. The molecule has 270 valence electrons. The average Bonchev–Trinajstić information content (AvgIpc) is 3.63. The van der Waals surface area contributed by atoms with Gasteiger partial charge >= 0.3 is 27.9 Å². The van der Waals surface area contributed by atoms with Gasteiger partial charge in [-0.2, -0.15) is 8.42 Å². The van der Waals surface area contributed by atoms with E-state index in [1.165, 1.54) is 19.2 Å². The number of nitrogens with zero attached hydrogens (tertiary/aromatic N) is 7. The van der Waals surface area contributed by atoms with E-state index in [2.05, 4.69) is 25.5 Å². The first-order valence-corrected chi connectivity index (χ1v) is 17.0. The number of H-pyrrole nitrogens is 1. The minimum Gasteiger partial charge on any atom is -0.503 e.